The lowest BCUT2D eigenvalue weighted by Crippen LogP contribution is -1.98. The predicted octanol–water partition coefficient (Wildman–Crippen LogP) is 2.69. The number of benzene rings is 1. The summed E-state index contributed by atoms with van der Waals surface area (Å²) in [6.07, 6.45) is 1.59. The van der Waals surface area contributed by atoms with Gasteiger partial charge in [-0.25, -0.2) is 4.79 Å². The summed E-state index contributed by atoms with van der Waals surface area (Å²) in [4.78, 5) is 10.8. The summed E-state index contributed by atoms with van der Waals surface area (Å²) in [5, 5.41) is 8.83. The fourth-order valence-corrected chi connectivity index (χ4v) is 1.46. The summed E-state index contributed by atoms with van der Waals surface area (Å²) in [6, 6.07) is 10.3. The molecule has 0 saturated carbocycles. The van der Waals surface area contributed by atoms with E-state index in [4.69, 9.17) is 14.3 Å². The number of ether oxygens (including phenoxy) is 1. The molecule has 0 amide bonds. The molecule has 0 aliphatic heterocycles. The highest BCUT2D eigenvalue weighted by atomic mass is 16.5. The van der Waals surface area contributed by atoms with Crippen LogP contribution >= 0.6 is 0 Å². The van der Waals surface area contributed by atoms with Gasteiger partial charge in [0.05, 0.1) is 18.4 Å². The van der Waals surface area contributed by atoms with E-state index in [0.717, 1.165) is 11.3 Å². The van der Waals surface area contributed by atoms with Crippen molar-refractivity contribution < 1.29 is 19.1 Å². The van der Waals surface area contributed by atoms with Gasteiger partial charge in [0.2, 0.25) is 0 Å². The van der Waals surface area contributed by atoms with Crippen LogP contribution in [0.2, 0.25) is 0 Å². The number of carboxylic acid groups (broad SMARTS) is 1. The Morgan fingerprint density at radius 1 is 1.24 bits per heavy atom. The SMILES string of the molecule is O=C(O)c1cccc(COCc2ccco2)c1. The Morgan fingerprint density at radius 2 is 2.12 bits per heavy atom. The average molecular weight is 232 g/mol. The van der Waals surface area contributed by atoms with Gasteiger partial charge in [0.1, 0.15) is 12.4 Å². The summed E-state index contributed by atoms with van der Waals surface area (Å²) < 4.78 is 10.5. The second-order valence-corrected chi connectivity index (χ2v) is 3.58. The molecule has 0 radical (unpaired) electrons. The van der Waals surface area contributed by atoms with Crippen LogP contribution in [-0.4, -0.2) is 11.1 Å². The lowest BCUT2D eigenvalue weighted by Gasteiger charge is -2.03. The normalized spacial score (nSPS) is 10.4. The Balaban J connectivity index is 1.90. The van der Waals surface area contributed by atoms with Gasteiger partial charge in [-0.1, -0.05) is 12.1 Å². The van der Waals surface area contributed by atoms with Crippen LogP contribution in [-0.2, 0) is 18.0 Å². The molecule has 1 N–H and O–H groups in total. The largest absolute Gasteiger partial charge is 0.478 e. The predicted molar refractivity (Wildman–Crippen MR) is 60.6 cm³/mol. The van der Waals surface area contributed by atoms with Crippen LogP contribution in [0.4, 0.5) is 0 Å². The zero-order valence-electron chi connectivity index (χ0n) is 9.13. The smallest absolute Gasteiger partial charge is 0.335 e. The van der Waals surface area contributed by atoms with E-state index in [9.17, 15) is 4.79 Å². The summed E-state index contributed by atoms with van der Waals surface area (Å²) in [6.45, 7) is 0.742. The molecule has 0 fully saturated rings. The van der Waals surface area contributed by atoms with Crippen molar-refractivity contribution in [1.82, 2.24) is 0 Å². The van der Waals surface area contributed by atoms with Crippen LogP contribution in [0.5, 0.6) is 0 Å². The third-order valence-electron chi connectivity index (χ3n) is 2.27. The molecule has 0 bridgehead atoms. The zero-order valence-corrected chi connectivity index (χ0v) is 9.13. The van der Waals surface area contributed by atoms with Crippen molar-refractivity contribution in [2.45, 2.75) is 13.2 Å². The van der Waals surface area contributed by atoms with Crippen molar-refractivity contribution in [2.24, 2.45) is 0 Å². The van der Waals surface area contributed by atoms with Gasteiger partial charge in [-0.05, 0) is 29.8 Å². The number of rotatable bonds is 5. The van der Waals surface area contributed by atoms with Crippen LogP contribution < -0.4 is 0 Å². The van der Waals surface area contributed by atoms with E-state index in [0.29, 0.717) is 13.2 Å². The Morgan fingerprint density at radius 3 is 2.82 bits per heavy atom. The maximum absolute atomic E-state index is 10.8. The molecule has 1 aromatic heterocycles. The summed E-state index contributed by atoms with van der Waals surface area (Å²) in [7, 11) is 0. The number of aromatic carboxylic acids is 1. The number of carbonyl (C=O) groups is 1. The lowest BCUT2D eigenvalue weighted by molar-refractivity contribution is 0.0695. The molecule has 0 saturated heterocycles. The molecule has 0 spiro atoms. The van der Waals surface area contributed by atoms with Gasteiger partial charge in [0.15, 0.2) is 0 Å². The lowest BCUT2D eigenvalue weighted by atomic mass is 10.1. The highest BCUT2D eigenvalue weighted by molar-refractivity contribution is 5.87. The van der Waals surface area contributed by atoms with Gasteiger partial charge >= 0.3 is 5.97 Å². The molecular formula is C13H12O4. The molecule has 2 aromatic rings. The van der Waals surface area contributed by atoms with E-state index >= 15 is 0 Å². The molecule has 2 rings (SSSR count). The van der Waals surface area contributed by atoms with Gasteiger partial charge < -0.3 is 14.3 Å². The Labute approximate surface area is 98.4 Å². The summed E-state index contributed by atoms with van der Waals surface area (Å²) >= 11 is 0. The fraction of sp³-hybridized carbons (Fsp3) is 0.154. The minimum atomic E-state index is -0.933. The van der Waals surface area contributed by atoms with E-state index in [-0.39, 0.29) is 5.56 Å². The van der Waals surface area contributed by atoms with E-state index in [1.807, 2.05) is 12.1 Å². The first-order valence-electron chi connectivity index (χ1n) is 5.18. The molecule has 0 atom stereocenters. The van der Waals surface area contributed by atoms with Gasteiger partial charge in [0, 0.05) is 0 Å². The van der Waals surface area contributed by atoms with Crippen molar-refractivity contribution in [3.05, 3.63) is 59.5 Å². The second-order valence-electron chi connectivity index (χ2n) is 3.58. The maximum Gasteiger partial charge on any atom is 0.335 e. The molecule has 1 heterocycles. The Kier molecular flexibility index (Phi) is 3.57. The topological polar surface area (TPSA) is 59.7 Å². The van der Waals surface area contributed by atoms with Crippen LogP contribution in [0.25, 0.3) is 0 Å². The van der Waals surface area contributed by atoms with Gasteiger partial charge in [-0.3, -0.25) is 0 Å². The van der Waals surface area contributed by atoms with E-state index in [1.165, 1.54) is 0 Å². The first-order chi connectivity index (χ1) is 8.25. The molecule has 4 nitrogen and oxygen atoms in total. The molecule has 0 aliphatic carbocycles. The van der Waals surface area contributed by atoms with Gasteiger partial charge in [-0.2, -0.15) is 0 Å². The average Bonchev–Trinajstić information content (AvgIpc) is 2.82. The van der Waals surface area contributed by atoms with Crippen molar-refractivity contribution in [3.8, 4) is 0 Å². The highest BCUT2D eigenvalue weighted by Crippen LogP contribution is 2.09. The minimum absolute atomic E-state index is 0.268. The summed E-state index contributed by atoms with van der Waals surface area (Å²) in [5.41, 5.74) is 1.10. The molecule has 17 heavy (non-hydrogen) atoms. The molecular weight excluding hydrogens is 220 g/mol. The molecule has 0 aliphatic rings. The van der Waals surface area contributed by atoms with E-state index in [2.05, 4.69) is 0 Å². The van der Waals surface area contributed by atoms with Crippen LogP contribution in [0.3, 0.4) is 0 Å². The third kappa shape index (κ3) is 3.19. The summed E-state index contributed by atoms with van der Waals surface area (Å²) in [5.74, 6) is -0.183. The van der Waals surface area contributed by atoms with Crippen molar-refractivity contribution >= 4 is 5.97 Å². The first-order valence-corrected chi connectivity index (χ1v) is 5.18. The molecule has 0 unspecified atom stereocenters. The number of carboxylic acids is 1. The van der Waals surface area contributed by atoms with Crippen LogP contribution in [0.1, 0.15) is 21.7 Å². The third-order valence-corrected chi connectivity index (χ3v) is 2.27. The fourth-order valence-electron chi connectivity index (χ4n) is 1.46. The Bertz CT molecular complexity index is 488. The van der Waals surface area contributed by atoms with Gasteiger partial charge in [0.25, 0.3) is 0 Å². The minimum Gasteiger partial charge on any atom is -0.478 e. The van der Waals surface area contributed by atoms with E-state index in [1.54, 1.807) is 30.5 Å². The number of hydrogen-bond acceptors (Lipinski definition) is 3. The first kappa shape index (κ1) is 11.4. The van der Waals surface area contributed by atoms with Gasteiger partial charge in [-0.15, -0.1) is 0 Å². The maximum atomic E-state index is 10.8. The van der Waals surface area contributed by atoms with Crippen molar-refractivity contribution in [3.63, 3.8) is 0 Å². The van der Waals surface area contributed by atoms with Crippen molar-refractivity contribution in [1.29, 1.82) is 0 Å². The molecule has 4 heteroatoms. The van der Waals surface area contributed by atoms with Crippen LogP contribution in [0.15, 0.2) is 47.1 Å². The van der Waals surface area contributed by atoms with Crippen molar-refractivity contribution in [2.75, 3.05) is 0 Å². The Hall–Kier alpha value is -2.07. The monoisotopic (exact) mass is 232 g/mol. The highest BCUT2D eigenvalue weighted by Gasteiger charge is 2.03. The molecule has 1 aromatic carbocycles. The standard InChI is InChI=1S/C13H12O4/c14-13(15)11-4-1-3-10(7-11)8-16-9-12-5-2-6-17-12/h1-7H,8-9H2,(H,14,15). The van der Waals surface area contributed by atoms with E-state index < -0.39 is 5.97 Å². The quantitative estimate of drug-likeness (QED) is 0.861. The van der Waals surface area contributed by atoms with Crippen LogP contribution in [0, 0.1) is 0 Å². The molecule has 88 valence electrons. The zero-order chi connectivity index (χ0) is 12.1. The number of hydrogen-bond donors (Lipinski definition) is 1. The second kappa shape index (κ2) is 5.32. The number of furan rings is 1.